The van der Waals surface area contributed by atoms with E-state index in [-0.39, 0.29) is 0 Å². The van der Waals surface area contributed by atoms with Crippen molar-refractivity contribution in [3.8, 4) is 0 Å². The first-order chi connectivity index (χ1) is 9.54. The van der Waals surface area contributed by atoms with Gasteiger partial charge in [-0.3, -0.25) is 4.90 Å². The second kappa shape index (κ2) is 5.45. The molecule has 20 heavy (non-hydrogen) atoms. The van der Waals surface area contributed by atoms with Crippen LogP contribution in [0.4, 0.5) is 0 Å². The Labute approximate surface area is 120 Å². The van der Waals surface area contributed by atoms with Gasteiger partial charge in [-0.2, -0.15) is 4.98 Å². The summed E-state index contributed by atoms with van der Waals surface area (Å²) in [7, 11) is 0. The van der Waals surface area contributed by atoms with Crippen LogP contribution in [0.15, 0.2) is 4.52 Å². The fourth-order valence-corrected chi connectivity index (χ4v) is 3.68. The van der Waals surface area contributed by atoms with Crippen molar-refractivity contribution >= 4 is 0 Å². The molecular formula is C15H26N4O. The van der Waals surface area contributed by atoms with Crippen LogP contribution in [0.5, 0.6) is 0 Å². The molecule has 3 rings (SSSR count). The van der Waals surface area contributed by atoms with Crippen molar-refractivity contribution in [3.05, 3.63) is 11.7 Å². The van der Waals surface area contributed by atoms with Crippen LogP contribution >= 0.6 is 0 Å². The van der Waals surface area contributed by atoms with Gasteiger partial charge in [0.05, 0.1) is 12.1 Å². The molecule has 1 saturated heterocycles. The summed E-state index contributed by atoms with van der Waals surface area (Å²) >= 11 is 0. The van der Waals surface area contributed by atoms with Gasteiger partial charge in [-0.1, -0.05) is 18.0 Å². The number of aromatic nitrogens is 2. The molecule has 1 aromatic rings. The lowest BCUT2D eigenvalue weighted by molar-refractivity contribution is 0.0466. The van der Waals surface area contributed by atoms with Crippen molar-refractivity contribution in [1.82, 2.24) is 15.0 Å². The Hall–Kier alpha value is -0.940. The van der Waals surface area contributed by atoms with Crippen LogP contribution in [0.2, 0.25) is 0 Å². The van der Waals surface area contributed by atoms with E-state index < -0.39 is 5.54 Å². The number of rotatable bonds is 3. The van der Waals surface area contributed by atoms with E-state index in [4.69, 9.17) is 10.3 Å². The number of nitrogens with zero attached hydrogens (tertiary/aromatic N) is 3. The topological polar surface area (TPSA) is 68.2 Å². The predicted molar refractivity (Wildman–Crippen MR) is 76.9 cm³/mol. The fraction of sp³-hybridized carbons (Fsp3) is 0.867. The smallest absolute Gasteiger partial charge is 0.240 e. The van der Waals surface area contributed by atoms with Crippen LogP contribution in [0, 0.1) is 5.92 Å². The van der Waals surface area contributed by atoms with Crippen molar-refractivity contribution in [2.75, 3.05) is 6.54 Å². The molecule has 0 aromatic carbocycles. The van der Waals surface area contributed by atoms with Crippen molar-refractivity contribution in [1.29, 1.82) is 0 Å². The molecule has 112 valence electrons. The van der Waals surface area contributed by atoms with Gasteiger partial charge in [0.15, 0.2) is 5.82 Å². The van der Waals surface area contributed by atoms with E-state index >= 15 is 0 Å². The summed E-state index contributed by atoms with van der Waals surface area (Å²) in [6.07, 6.45) is 8.18. The van der Waals surface area contributed by atoms with Gasteiger partial charge in [-0.25, -0.2) is 0 Å². The number of fused-ring (bicyclic) bond motifs is 1. The molecule has 2 N–H and O–H groups in total. The SMILES string of the molecule is CC(C)(N)c1noc(CN2CCCC3CCCCC32)n1. The van der Waals surface area contributed by atoms with E-state index in [1.165, 1.54) is 38.5 Å². The van der Waals surface area contributed by atoms with Crippen LogP contribution in [0.3, 0.4) is 0 Å². The molecule has 0 amide bonds. The van der Waals surface area contributed by atoms with Crippen molar-refractivity contribution in [2.24, 2.45) is 11.7 Å². The first-order valence-corrected chi connectivity index (χ1v) is 7.90. The van der Waals surface area contributed by atoms with Crippen molar-refractivity contribution < 1.29 is 4.52 Å². The average molecular weight is 278 g/mol. The molecule has 1 aromatic heterocycles. The highest BCUT2D eigenvalue weighted by atomic mass is 16.5. The second-order valence-electron chi connectivity index (χ2n) is 6.96. The molecule has 2 atom stereocenters. The highest BCUT2D eigenvalue weighted by molar-refractivity contribution is 4.99. The standard InChI is InChI=1S/C15H26N4O/c1-15(2,16)14-17-13(20-18-14)10-19-9-5-7-11-6-3-4-8-12(11)19/h11-12H,3-10,16H2,1-2H3. The number of hydrogen-bond donors (Lipinski definition) is 1. The van der Waals surface area contributed by atoms with Crippen LogP contribution in [-0.4, -0.2) is 27.6 Å². The Morgan fingerprint density at radius 2 is 2.00 bits per heavy atom. The zero-order valence-corrected chi connectivity index (χ0v) is 12.6. The summed E-state index contributed by atoms with van der Waals surface area (Å²) in [4.78, 5) is 7.02. The lowest BCUT2D eigenvalue weighted by Gasteiger charge is -2.43. The van der Waals surface area contributed by atoms with Gasteiger partial charge < -0.3 is 10.3 Å². The molecular weight excluding hydrogens is 252 g/mol. The highest BCUT2D eigenvalue weighted by Crippen LogP contribution is 2.35. The third-order valence-electron chi connectivity index (χ3n) is 4.74. The number of likely N-dealkylation sites (tertiary alicyclic amines) is 1. The molecule has 0 radical (unpaired) electrons. The minimum atomic E-state index is -0.531. The molecule has 1 saturated carbocycles. The maximum Gasteiger partial charge on any atom is 0.240 e. The van der Waals surface area contributed by atoms with E-state index in [9.17, 15) is 0 Å². The summed E-state index contributed by atoms with van der Waals surface area (Å²) in [6.45, 7) is 5.74. The second-order valence-corrected chi connectivity index (χ2v) is 6.96. The predicted octanol–water partition coefficient (Wildman–Crippen LogP) is 2.42. The average Bonchev–Trinajstić information content (AvgIpc) is 2.88. The van der Waals surface area contributed by atoms with Gasteiger partial charge in [-0.15, -0.1) is 0 Å². The fourth-order valence-electron chi connectivity index (χ4n) is 3.68. The molecule has 2 aliphatic rings. The molecule has 0 spiro atoms. The zero-order chi connectivity index (χ0) is 14.2. The summed E-state index contributed by atoms with van der Waals surface area (Å²) < 4.78 is 5.39. The maximum atomic E-state index is 6.01. The van der Waals surface area contributed by atoms with E-state index in [2.05, 4.69) is 15.0 Å². The summed E-state index contributed by atoms with van der Waals surface area (Å²) in [5.74, 6) is 2.19. The van der Waals surface area contributed by atoms with E-state index in [0.29, 0.717) is 11.7 Å². The van der Waals surface area contributed by atoms with E-state index in [1.54, 1.807) is 0 Å². The normalized spacial score (nSPS) is 28.4. The van der Waals surface area contributed by atoms with Crippen molar-refractivity contribution in [3.63, 3.8) is 0 Å². The van der Waals surface area contributed by atoms with Crippen LogP contribution in [0.25, 0.3) is 0 Å². The Balaban J connectivity index is 1.68. The van der Waals surface area contributed by atoms with E-state index in [0.717, 1.165) is 25.0 Å². The number of piperidine rings is 1. The monoisotopic (exact) mass is 278 g/mol. The highest BCUT2D eigenvalue weighted by Gasteiger charge is 2.34. The Kier molecular flexibility index (Phi) is 3.82. The quantitative estimate of drug-likeness (QED) is 0.919. The molecule has 2 heterocycles. The molecule has 1 aliphatic heterocycles. The Bertz CT molecular complexity index is 449. The third kappa shape index (κ3) is 2.88. The van der Waals surface area contributed by atoms with Gasteiger partial charge >= 0.3 is 0 Å². The minimum absolute atomic E-state index is 0.531. The third-order valence-corrected chi connectivity index (χ3v) is 4.74. The van der Waals surface area contributed by atoms with Crippen molar-refractivity contribution in [2.45, 2.75) is 70.5 Å². The molecule has 5 heteroatoms. The Morgan fingerprint density at radius 3 is 2.75 bits per heavy atom. The molecule has 0 bridgehead atoms. The number of hydrogen-bond acceptors (Lipinski definition) is 5. The van der Waals surface area contributed by atoms with Gasteiger partial charge in [0.1, 0.15) is 0 Å². The lowest BCUT2D eigenvalue weighted by Crippen LogP contribution is -2.46. The summed E-state index contributed by atoms with van der Waals surface area (Å²) in [5.41, 5.74) is 5.48. The van der Waals surface area contributed by atoms with Gasteiger partial charge in [-0.05, 0) is 52.0 Å². The van der Waals surface area contributed by atoms with Crippen LogP contribution in [-0.2, 0) is 12.1 Å². The molecule has 2 unspecified atom stereocenters. The largest absolute Gasteiger partial charge is 0.338 e. The lowest BCUT2D eigenvalue weighted by atomic mass is 9.78. The Morgan fingerprint density at radius 1 is 1.25 bits per heavy atom. The van der Waals surface area contributed by atoms with Gasteiger partial charge in [0.25, 0.3) is 0 Å². The molecule has 2 fully saturated rings. The maximum absolute atomic E-state index is 6.01. The summed E-state index contributed by atoms with van der Waals surface area (Å²) in [5, 5.41) is 4.02. The van der Waals surface area contributed by atoms with E-state index in [1.807, 2.05) is 13.8 Å². The van der Waals surface area contributed by atoms with Crippen LogP contribution < -0.4 is 5.73 Å². The zero-order valence-electron chi connectivity index (χ0n) is 12.6. The van der Waals surface area contributed by atoms with Crippen LogP contribution in [0.1, 0.15) is 64.1 Å². The first kappa shape index (κ1) is 14.0. The van der Waals surface area contributed by atoms with Gasteiger partial charge in [0.2, 0.25) is 5.89 Å². The minimum Gasteiger partial charge on any atom is -0.338 e. The first-order valence-electron chi connectivity index (χ1n) is 7.90. The van der Waals surface area contributed by atoms with Gasteiger partial charge in [0, 0.05) is 6.04 Å². The molecule has 1 aliphatic carbocycles. The summed E-state index contributed by atoms with van der Waals surface area (Å²) in [6, 6.07) is 0.721. The number of nitrogens with two attached hydrogens (primary N) is 1. The molecule has 5 nitrogen and oxygen atoms in total.